The molecule has 33 heavy (non-hydrogen) atoms. The molecule has 3 aromatic carbocycles. The minimum absolute atomic E-state index is 0.0653. The Labute approximate surface area is 193 Å². The summed E-state index contributed by atoms with van der Waals surface area (Å²) >= 11 is 0. The maximum absolute atomic E-state index is 13.5. The minimum atomic E-state index is -0.155. The molecule has 5 rings (SSSR count). The van der Waals surface area contributed by atoms with Crippen LogP contribution in [0, 0.1) is 13.8 Å². The smallest absolute Gasteiger partial charge is 0.258 e. The van der Waals surface area contributed by atoms with Crippen LogP contribution in [0.5, 0.6) is 0 Å². The Morgan fingerprint density at radius 1 is 0.848 bits per heavy atom. The van der Waals surface area contributed by atoms with E-state index in [1.165, 1.54) is 0 Å². The topological polar surface area (TPSA) is 54.3 Å². The average Bonchev–Trinajstić information content (AvgIpc) is 3.19. The number of nitrogens with zero attached hydrogens (tertiary/aromatic N) is 2. The van der Waals surface area contributed by atoms with Gasteiger partial charge in [-0.15, -0.1) is 0 Å². The zero-order valence-electron chi connectivity index (χ0n) is 18.7. The second-order valence-corrected chi connectivity index (χ2v) is 8.50. The van der Waals surface area contributed by atoms with Crippen molar-refractivity contribution in [2.45, 2.75) is 26.9 Å². The maximum Gasteiger partial charge on any atom is 0.258 e. The third-order valence-electron chi connectivity index (χ3n) is 6.14. The van der Waals surface area contributed by atoms with Gasteiger partial charge in [-0.3, -0.25) is 9.59 Å². The average molecular weight is 436 g/mol. The third-order valence-corrected chi connectivity index (χ3v) is 6.14. The van der Waals surface area contributed by atoms with E-state index in [-0.39, 0.29) is 11.8 Å². The molecule has 0 fully saturated rings. The quantitative estimate of drug-likeness (QED) is 0.458. The molecular weight excluding hydrogens is 410 g/mol. The molecule has 0 atom stereocenters. The molecule has 5 nitrogen and oxygen atoms in total. The summed E-state index contributed by atoms with van der Waals surface area (Å²) in [5.41, 5.74) is 6.98. The first-order chi connectivity index (χ1) is 16.0. The van der Waals surface area contributed by atoms with Crippen LogP contribution in [0.3, 0.4) is 0 Å². The Bertz CT molecular complexity index is 1350. The Hall–Kier alpha value is -4.12. The van der Waals surface area contributed by atoms with Gasteiger partial charge >= 0.3 is 0 Å². The zero-order valence-corrected chi connectivity index (χ0v) is 18.7. The lowest BCUT2D eigenvalue weighted by Gasteiger charge is -2.23. The van der Waals surface area contributed by atoms with Crippen molar-refractivity contribution in [1.29, 1.82) is 0 Å². The van der Waals surface area contributed by atoms with Crippen molar-refractivity contribution < 1.29 is 9.59 Å². The van der Waals surface area contributed by atoms with Gasteiger partial charge in [-0.25, -0.2) is 0 Å². The van der Waals surface area contributed by atoms with Crippen molar-refractivity contribution in [3.05, 3.63) is 119 Å². The standard InChI is InChI=1S/C28H25N3O2/c1-19-9-10-20(2)25(16-19)27(32)29-23-13-11-21(12-14-23)28(33)31-18-24-7-5-15-30(24)17-22-6-3-4-8-26(22)31/h3-16H,17-18H2,1-2H3,(H,29,32). The Morgan fingerprint density at radius 3 is 2.45 bits per heavy atom. The Balaban J connectivity index is 1.39. The number of anilines is 2. The molecule has 4 aromatic rings. The fourth-order valence-electron chi connectivity index (χ4n) is 4.30. The van der Waals surface area contributed by atoms with Crippen molar-refractivity contribution >= 4 is 23.2 Å². The van der Waals surface area contributed by atoms with Gasteiger partial charge in [-0.05, 0) is 73.5 Å². The summed E-state index contributed by atoms with van der Waals surface area (Å²) in [5, 5.41) is 2.94. The van der Waals surface area contributed by atoms with Crippen LogP contribution in [0.15, 0.2) is 85.1 Å². The number of nitrogens with one attached hydrogen (secondary N) is 1. The fourth-order valence-corrected chi connectivity index (χ4v) is 4.30. The van der Waals surface area contributed by atoms with Crippen LogP contribution < -0.4 is 10.2 Å². The molecule has 5 heteroatoms. The van der Waals surface area contributed by atoms with Crippen LogP contribution in [0.25, 0.3) is 0 Å². The molecule has 0 saturated carbocycles. The van der Waals surface area contributed by atoms with Crippen LogP contribution in [0.1, 0.15) is 43.1 Å². The molecule has 1 aliphatic heterocycles. The molecule has 1 aromatic heterocycles. The molecule has 0 spiro atoms. The summed E-state index contributed by atoms with van der Waals surface area (Å²) in [6, 6.07) is 25.0. The molecule has 164 valence electrons. The second-order valence-electron chi connectivity index (χ2n) is 8.50. The molecule has 1 aliphatic rings. The van der Waals surface area contributed by atoms with Crippen molar-refractivity contribution in [3.8, 4) is 0 Å². The highest BCUT2D eigenvalue weighted by molar-refractivity contribution is 6.08. The molecule has 0 saturated heterocycles. The lowest BCUT2D eigenvalue weighted by atomic mass is 10.0. The van der Waals surface area contributed by atoms with Gasteiger partial charge in [0.2, 0.25) is 0 Å². The van der Waals surface area contributed by atoms with E-state index in [0.29, 0.717) is 23.4 Å². The predicted molar refractivity (Wildman–Crippen MR) is 131 cm³/mol. The van der Waals surface area contributed by atoms with E-state index in [1.54, 1.807) is 24.3 Å². The SMILES string of the molecule is Cc1ccc(C)c(C(=O)Nc2ccc(C(=O)N3Cc4cccn4Cc4ccccc43)cc2)c1. The van der Waals surface area contributed by atoms with Gasteiger partial charge in [-0.1, -0.05) is 35.9 Å². The number of fused-ring (bicyclic) bond motifs is 2. The van der Waals surface area contributed by atoms with Gasteiger partial charge in [0.05, 0.1) is 6.54 Å². The number of carbonyl (C=O) groups excluding carboxylic acids is 2. The summed E-state index contributed by atoms with van der Waals surface area (Å²) in [6.45, 7) is 5.14. The van der Waals surface area contributed by atoms with E-state index in [1.807, 2.05) is 67.4 Å². The van der Waals surface area contributed by atoms with Crippen molar-refractivity contribution in [2.24, 2.45) is 0 Å². The second kappa shape index (κ2) is 8.43. The van der Waals surface area contributed by atoms with Crippen LogP contribution in [-0.4, -0.2) is 16.4 Å². The highest BCUT2D eigenvalue weighted by Crippen LogP contribution is 2.29. The van der Waals surface area contributed by atoms with Crippen molar-refractivity contribution in [1.82, 2.24) is 4.57 Å². The highest BCUT2D eigenvalue weighted by atomic mass is 16.2. The normalized spacial score (nSPS) is 12.5. The van der Waals surface area contributed by atoms with Crippen LogP contribution >= 0.6 is 0 Å². The largest absolute Gasteiger partial charge is 0.345 e. The number of para-hydroxylation sites is 1. The lowest BCUT2D eigenvalue weighted by Crippen LogP contribution is -2.30. The lowest BCUT2D eigenvalue weighted by molar-refractivity contribution is 0.0983. The number of carbonyl (C=O) groups is 2. The molecule has 2 heterocycles. The van der Waals surface area contributed by atoms with Crippen molar-refractivity contribution in [2.75, 3.05) is 10.2 Å². The van der Waals surface area contributed by atoms with Crippen LogP contribution in [-0.2, 0) is 13.1 Å². The number of aromatic nitrogens is 1. The summed E-state index contributed by atoms with van der Waals surface area (Å²) in [7, 11) is 0. The first-order valence-corrected chi connectivity index (χ1v) is 11.0. The monoisotopic (exact) mass is 435 g/mol. The van der Waals surface area contributed by atoms with E-state index in [4.69, 9.17) is 0 Å². The number of aryl methyl sites for hydroxylation is 2. The first kappa shape index (κ1) is 20.8. The molecule has 2 amide bonds. The van der Waals surface area contributed by atoms with E-state index in [2.05, 4.69) is 22.0 Å². The number of hydrogen-bond acceptors (Lipinski definition) is 2. The maximum atomic E-state index is 13.5. The fraction of sp³-hybridized carbons (Fsp3) is 0.143. The first-order valence-electron chi connectivity index (χ1n) is 11.0. The van der Waals surface area contributed by atoms with Crippen molar-refractivity contribution in [3.63, 3.8) is 0 Å². The number of benzene rings is 3. The summed E-state index contributed by atoms with van der Waals surface area (Å²) in [6.07, 6.45) is 2.05. The molecule has 0 bridgehead atoms. The van der Waals surface area contributed by atoms with Gasteiger partial charge in [0.15, 0.2) is 0 Å². The summed E-state index contributed by atoms with van der Waals surface area (Å²) < 4.78 is 2.18. The summed E-state index contributed by atoms with van der Waals surface area (Å²) in [5.74, 6) is -0.220. The Kier molecular flexibility index (Phi) is 5.31. The molecule has 0 unspecified atom stereocenters. The molecule has 1 N–H and O–H groups in total. The van der Waals surface area contributed by atoms with Gasteiger partial charge in [0.25, 0.3) is 11.8 Å². The zero-order chi connectivity index (χ0) is 22.9. The van der Waals surface area contributed by atoms with E-state index in [9.17, 15) is 9.59 Å². The number of amides is 2. The molecular formula is C28H25N3O2. The predicted octanol–water partition coefficient (Wildman–Crippen LogP) is 5.57. The van der Waals surface area contributed by atoms with Crippen LogP contribution in [0.4, 0.5) is 11.4 Å². The number of rotatable bonds is 3. The van der Waals surface area contributed by atoms with E-state index < -0.39 is 0 Å². The summed E-state index contributed by atoms with van der Waals surface area (Å²) in [4.78, 5) is 28.1. The third kappa shape index (κ3) is 4.05. The van der Waals surface area contributed by atoms with Crippen LogP contribution in [0.2, 0.25) is 0 Å². The molecule has 0 aliphatic carbocycles. The van der Waals surface area contributed by atoms with Gasteiger partial charge in [0, 0.05) is 40.9 Å². The highest BCUT2D eigenvalue weighted by Gasteiger charge is 2.24. The van der Waals surface area contributed by atoms with E-state index >= 15 is 0 Å². The van der Waals surface area contributed by atoms with Gasteiger partial charge in [-0.2, -0.15) is 0 Å². The Morgan fingerprint density at radius 2 is 1.64 bits per heavy atom. The van der Waals surface area contributed by atoms with Gasteiger partial charge in [0.1, 0.15) is 0 Å². The van der Waals surface area contributed by atoms with E-state index in [0.717, 1.165) is 34.6 Å². The minimum Gasteiger partial charge on any atom is -0.345 e. The number of hydrogen-bond donors (Lipinski definition) is 1. The molecule has 0 radical (unpaired) electrons. The van der Waals surface area contributed by atoms with Gasteiger partial charge < -0.3 is 14.8 Å².